The van der Waals surface area contributed by atoms with Gasteiger partial charge in [-0.25, -0.2) is 9.59 Å². The largest absolute Gasteiger partial charge is 0.459 e. The zero-order valence-electron chi connectivity index (χ0n) is 14.4. The molecule has 0 aliphatic carbocycles. The number of hydrogen-bond acceptors (Lipinski definition) is 7. The highest BCUT2D eigenvalue weighted by Crippen LogP contribution is 2.23. The van der Waals surface area contributed by atoms with Crippen LogP contribution in [0.3, 0.4) is 0 Å². The zero-order chi connectivity index (χ0) is 19.2. The molecular formula is C20H20O7. The lowest BCUT2D eigenvalue weighted by Crippen LogP contribution is -2.51. The minimum atomic E-state index is -1.53. The Labute approximate surface area is 156 Å². The van der Waals surface area contributed by atoms with E-state index in [0.717, 1.165) is 0 Å². The summed E-state index contributed by atoms with van der Waals surface area (Å²) in [7, 11) is 0. The molecule has 142 valence electrons. The molecule has 4 unspecified atom stereocenters. The van der Waals surface area contributed by atoms with Crippen molar-refractivity contribution < 1.29 is 34.0 Å². The second kappa shape index (κ2) is 8.77. The number of rotatable bonds is 5. The third kappa shape index (κ3) is 4.91. The molecule has 1 aliphatic rings. The van der Waals surface area contributed by atoms with Crippen LogP contribution in [-0.4, -0.2) is 53.4 Å². The van der Waals surface area contributed by atoms with Gasteiger partial charge in [0.1, 0.15) is 6.61 Å². The van der Waals surface area contributed by atoms with Crippen molar-refractivity contribution in [2.24, 2.45) is 0 Å². The predicted molar refractivity (Wildman–Crippen MR) is 93.9 cm³/mol. The van der Waals surface area contributed by atoms with E-state index in [-0.39, 0.29) is 13.0 Å². The zero-order valence-corrected chi connectivity index (χ0v) is 14.4. The van der Waals surface area contributed by atoms with Gasteiger partial charge in [-0.2, -0.15) is 0 Å². The van der Waals surface area contributed by atoms with Crippen molar-refractivity contribution >= 4 is 11.9 Å². The van der Waals surface area contributed by atoms with Crippen molar-refractivity contribution in [2.75, 3.05) is 6.61 Å². The summed E-state index contributed by atoms with van der Waals surface area (Å²) in [6.45, 7) is -0.138. The molecule has 2 aromatic rings. The van der Waals surface area contributed by atoms with Crippen LogP contribution in [0.5, 0.6) is 0 Å². The molecule has 0 bridgehead atoms. The summed E-state index contributed by atoms with van der Waals surface area (Å²) in [5, 5.41) is 20.3. The van der Waals surface area contributed by atoms with Crippen molar-refractivity contribution in [2.45, 2.75) is 31.0 Å². The SMILES string of the molecule is O=C(OCC1CC(O)C(OC(=O)c2ccccc2)C(O)O1)c1ccccc1. The van der Waals surface area contributed by atoms with Gasteiger partial charge in [-0.3, -0.25) is 0 Å². The van der Waals surface area contributed by atoms with Crippen LogP contribution in [0.15, 0.2) is 60.7 Å². The lowest BCUT2D eigenvalue weighted by molar-refractivity contribution is -0.251. The second-order valence-corrected chi connectivity index (χ2v) is 6.15. The van der Waals surface area contributed by atoms with E-state index in [2.05, 4.69) is 0 Å². The third-order valence-corrected chi connectivity index (χ3v) is 4.16. The van der Waals surface area contributed by atoms with E-state index >= 15 is 0 Å². The quantitative estimate of drug-likeness (QED) is 0.768. The smallest absolute Gasteiger partial charge is 0.338 e. The molecule has 7 nitrogen and oxygen atoms in total. The first-order valence-electron chi connectivity index (χ1n) is 8.54. The lowest BCUT2D eigenvalue weighted by Gasteiger charge is -2.36. The van der Waals surface area contributed by atoms with Crippen molar-refractivity contribution in [3.63, 3.8) is 0 Å². The molecule has 2 N–H and O–H groups in total. The minimum Gasteiger partial charge on any atom is -0.459 e. The highest BCUT2D eigenvalue weighted by Gasteiger charge is 2.40. The molecule has 0 saturated carbocycles. The highest BCUT2D eigenvalue weighted by molar-refractivity contribution is 5.89. The Morgan fingerprint density at radius 2 is 1.48 bits per heavy atom. The molecular weight excluding hydrogens is 352 g/mol. The van der Waals surface area contributed by atoms with E-state index in [1.807, 2.05) is 0 Å². The Morgan fingerprint density at radius 3 is 2.04 bits per heavy atom. The van der Waals surface area contributed by atoms with Crippen LogP contribution in [0.4, 0.5) is 0 Å². The third-order valence-electron chi connectivity index (χ3n) is 4.16. The first-order chi connectivity index (χ1) is 13.0. The standard InChI is InChI=1S/C20H20O7/c21-16-11-15(12-25-18(22)13-7-3-1-4-8-13)26-20(24)17(16)27-19(23)14-9-5-2-6-10-14/h1-10,15-17,20-21,24H,11-12H2. The molecule has 7 heteroatoms. The Hall–Kier alpha value is -2.74. The average Bonchev–Trinajstić information content (AvgIpc) is 2.70. The van der Waals surface area contributed by atoms with E-state index < -0.39 is 36.5 Å². The number of benzene rings is 2. The number of esters is 2. The molecule has 1 aliphatic heterocycles. The van der Waals surface area contributed by atoms with E-state index in [9.17, 15) is 19.8 Å². The maximum atomic E-state index is 12.1. The van der Waals surface area contributed by atoms with Crippen LogP contribution in [-0.2, 0) is 14.2 Å². The monoisotopic (exact) mass is 372 g/mol. The number of carbonyl (C=O) groups excluding carboxylic acids is 2. The summed E-state index contributed by atoms with van der Waals surface area (Å²) in [6, 6.07) is 16.7. The average molecular weight is 372 g/mol. The number of aliphatic hydroxyl groups is 2. The van der Waals surface area contributed by atoms with Crippen molar-refractivity contribution in [1.82, 2.24) is 0 Å². The molecule has 1 saturated heterocycles. The summed E-state index contributed by atoms with van der Waals surface area (Å²) in [6.07, 6.45) is -4.57. The van der Waals surface area contributed by atoms with Crippen molar-refractivity contribution in [3.8, 4) is 0 Å². The molecule has 0 spiro atoms. The van der Waals surface area contributed by atoms with Gasteiger partial charge in [-0.1, -0.05) is 36.4 Å². The molecule has 27 heavy (non-hydrogen) atoms. The number of ether oxygens (including phenoxy) is 3. The Morgan fingerprint density at radius 1 is 0.926 bits per heavy atom. The van der Waals surface area contributed by atoms with Gasteiger partial charge in [-0.15, -0.1) is 0 Å². The number of hydrogen-bond donors (Lipinski definition) is 2. The lowest BCUT2D eigenvalue weighted by atomic mass is 10.0. The summed E-state index contributed by atoms with van der Waals surface area (Å²) in [4.78, 5) is 24.0. The van der Waals surface area contributed by atoms with Gasteiger partial charge < -0.3 is 24.4 Å². The molecule has 1 heterocycles. The van der Waals surface area contributed by atoms with Crippen LogP contribution >= 0.6 is 0 Å². The Balaban J connectivity index is 1.52. The van der Waals surface area contributed by atoms with E-state index in [4.69, 9.17) is 14.2 Å². The van der Waals surface area contributed by atoms with Gasteiger partial charge in [-0.05, 0) is 24.3 Å². The topological polar surface area (TPSA) is 102 Å². The molecule has 4 atom stereocenters. The summed E-state index contributed by atoms with van der Waals surface area (Å²) in [5.41, 5.74) is 0.694. The van der Waals surface area contributed by atoms with E-state index in [1.54, 1.807) is 60.7 Å². The van der Waals surface area contributed by atoms with Crippen LogP contribution < -0.4 is 0 Å². The summed E-state index contributed by atoms with van der Waals surface area (Å²) in [5.74, 6) is -1.20. The van der Waals surface area contributed by atoms with Crippen LogP contribution in [0.25, 0.3) is 0 Å². The Kier molecular flexibility index (Phi) is 6.18. The summed E-state index contributed by atoms with van der Waals surface area (Å²) >= 11 is 0. The molecule has 1 fully saturated rings. The molecule has 2 aromatic carbocycles. The fourth-order valence-corrected chi connectivity index (χ4v) is 2.76. The fourth-order valence-electron chi connectivity index (χ4n) is 2.76. The molecule has 0 amide bonds. The maximum absolute atomic E-state index is 12.1. The fraction of sp³-hybridized carbons (Fsp3) is 0.300. The van der Waals surface area contributed by atoms with Crippen LogP contribution in [0.1, 0.15) is 27.1 Å². The second-order valence-electron chi connectivity index (χ2n) is 6.15. The van der Waals surface area contributed by atoms with Crippen molar-refractivity contribution in [1.29, 1.82) is 0 Å². The molecule has 0 aromatic heterocycles. The summed E-state index contributed by atoms with van der Waals surface area (Å²) < 4.78 is 15.7. The van der Waals surface area contributed by atoms with Crippen LogP contribution in [0.2, 0.25) is 0 Å². The minimum absolute atomic E-state index is 0.0475. The van der Waals surface area contributed by atoms with Gasteiger partial charge in [0.15, 0.2) is 12.4 Å². The normalized spacial score (nSPS) is 24.8. The van der Waals surface area contributed by atoms with Gasteiger partial charge in [0.25, 0.3) is 0 Å². The highest BCUT2D eigenvalue weighted by atomic mass is 16.7. The first-order valence-corrected chi connectivity index (χ1v) is 8.54. The van der Waals surface area contributed by atoms with Crippen LogP contribution in [0, 0.1) is 0 Å². The molecule has 3 rings (SSSR count). The van der Waals surface area contributed by atoms with E-state index in [0.29, 0.717) is 11.1 Å². The number of aliphatic hydroxyl groups excluding tert-OH is 2. The van der Waals surface area contributed by atoms with Crippen molar-refractivity contribution in [3.05, 3.63) is 71.8 Å². The Bertz CT molecular complexity index is 750. The van der Waals surface area contributed by atoms with Gasteiger partial charge in [0, 0.05) is 6.42 Å². The predicted octanol–water partition coefficient (Wildman–Crippen LogP) is 1.54. The number of carbonyl (C=O) groups is 2. The first kappa shape index (κ1) is 19.0. The maximum Gasteiger partial charge on any atom is 0.338 e. The van der Waals surface area contributed by atoms with Gasteiger partial charge in [0.05, 0.1) is 23.3 Å². The van der Waals surface area contributed by atoms with Gasteiger partial charge in [0.2, 0.25) is 0 Å². The van der Waals surface area contributed by atoms with Gasteiger partial charge >= 0.3 is 11.9 Å². The molecule has 0 radical (unpaired) electrons. The van der Waals surface area contributed by atoms with E-state index in [1.165, 1.54) is 0 Å².